The van der Waals surface area contributed by atoms with Crippen LogP contribution in [0.4, 0.5) is 5.95 Å². The molecule has 3 aromatic rings. The predicted molar refractivity (Wildman–Crippen MR) is 98.7 cm³/mol. The zero-order valence-corrected chi connectivity index (χ0v) is 14.0. The molecule has 3 heterocycles. The van der Waals surface area contributed by atoms with Crippen LogP contribution >= 0.6 is 0 Å². The summed E-state index contributed by atoms with van der Waals surface area (Å²) in [5.74, 6) is 0.785. The number of fused-ring (bicyclic) bond motifs is 1. The number of hydrogen-bond donors (Lipinski definition) is 0. The fourth-order valence-corrected chi connectivity index (χ4v) is 3.27. The third kappa shape index (κ3) is 3.31. The molecule has 2 aromatic heterocycles. The van der Waals surface area contributed by atoms with Crippen molar-refractivity contribution in [3.05, 3.63) is 76.8 Å². The molecule has 1 aliphatic heterocycles. The molecule has 0 amide bonds. The molecule has 0 aliphatic carbocycles. The van der Waals surface area contributed by atoms with Crippen molar-refractivity contribution in [2.75, 3.05) is 18.0 Å². The fraction of sp³-hybridized carbons (Fsp3) is 0.250. The van der Waals surface area contributed by atoms with Gasteiger partial charge in [-0.2, -0.15) is 0 Å². The molecular formula is C20H20N4O. The number of aromatic nitrogens is 3. The van der Waals surface area contributed by atoms with Gasteiger partial charge in [0.25, 0.3) is 5.56 Å². The van der Waals surface area contributed by atoms with Crippen molar-refractivity contribution in [2.45, 2.75) is 19.4 Å². The van der Waals surface area contributed by atoms with Gasteiger partial charge in [0.1, 0.15) is 0 Å². The minimum absolute atomic E-state index is 0.0161. The first-order valence-electron chi connectivity index (χ1n) is 8.62. The second kappa shape index (κ2) is 6.89. The molecule has 25 heavy (non-hydrogen) atoms. The van der Waals surface area contributed by atoms with Gasteiger partial charge in [-0.3, -0.25) is 14.3 Å². The molecule has 5 nitrogen and oxygen atoms in total. The van der Waals surface area contributed by atoms with Gasteiger partial charge in [0.2, 0.25) is 5.95 Å². The third-order valence-electron chi connectivity index (χ3n) is 4.58. The van der Waals surface area contributed by atoms with Gasteiger partial charge in [-0.15, -0.1) is 0 Å². The maximum absolute atomic E-state index is 12.4. The molecule has 0 radical (unpaired) electrons. The van der Waals surface area contributed by atoms with E-state index in [0.29, 0.717) is 12.2 Å². The lowest BCUT2D eigenvalue weighted by Crippen LogP contribution is -2.24. The minimum Gasteiger partial charge on any atom is -0.340 e. The highest BCUT2D eigenvalue weighted by Gasteiger charge is 2.22. The molecule has 0 spiro atoms. The van der Waals surface area contributed by atoms with Crippen LogP contribution in [0.3, 0.4) is 0 Å². The van der Waals surface area contributed by atoms with Gasteiger partial charge in [0.05, 0.1) is 5.69 Å². The summed E-state index contributed by atoms with van der Waals surface area (Å²) in [5, 5.41) is 0. The molecule has 0 bridgehead atoms. The molecule has 0 unspecified atom stereocenters. The van der Waals surface area contributed by atoms with Crippen molar-refractivity contribution in [2.24, 2.45) is 0 Å². The van der Waals surface area contributed by atoms with Crippen LogP contribution in [0.25, 0.3) is 11.3 Å². The fourth-order valence-electron chi connectivity index (χ4n) is 3.27. The van der Waals surface area contributed by atoms with Gasteiger partial charge >= 0.3 is 0 Å². The largest absolute Gasteiger partial charge is 0.340 e. The summed E-state index contributed by atoms with van der Waals surface area (Å²) >= 11 is 0. The lowest BCUT2D eigenvalue weighted by molar-refractivity contribution is 0.727. The lowest BCUT2D eigenvalue weighted by Gasteiger charge is -2.17. The Morgan fingerprint density at radius 3 is 2.60 bits per heavy atom. The van der Waals surface area contributed by atoms with Crippen molar-refractivity contribution in [1.29, 1.82) is 0 Å². The Morgan fingerprint density at radius 2 is 1.80 bits per heavy atom. The van der Waals surface area contributed by atoms with Gasteiger partial charge in [0, 0.05) is 43.7 Å². The third-order valence-corrected chi connectivity index (χ3v) is 4.58. The Balaban J connectivity index is 1.53. The van der Waals surface area contributed by atoms with E-state index in [0.717, 1.165) is 37.4 Å². The van der Waals surface area contributed by atoms with E-state index in [-0.39, 0.29) is 5.56 Å². The summed E-state index contributed by atoms with van der Waals surface area (Å²) in [6.07, 6.45) is 5.52. The number of rotatable bonds is 5. The first kappa shape index (κ1) is 15.6. The van der Waals surface area contributed by atoms with E-state index in [9.17, 15) is 4.79 Å². The number of benzene rings is 1. The second-order valence-corrected chi connectivity index (χ2v) is 6.24. The van der Waals surface area contributed by atoms with E-state index in [1.165, 1.54) is 5.56 Å². The zero-order chi connectivity index (χ0) is 17.1. The van der Waals surface area contributed by atoms with Crippen LogP contribution in [-0.4, -0.2) is 27.6 Å². The maximum Gasteiger partial charge on any atom is 0.255 e. The lowest BCUT2D eigenvalue weighted by atomic mass is 10.1. The summed E-state index contributed by atoms with van der Waals surface area (Å²) in [5.41, 5.74) is 3.00. The smallest absolute Gasteiger partial charge is 0.255 e. The monoisotopic (exact) mass is 332 g/mol. The Kier molecular flexibility index (Phi) is 4.29. The Labute approximate surface area is 146 Å². The average molecular weight is 332 g/mol. The molecule has 0 saturated heterocycles. The number of pyridine rings is 1. The normalized spacial score (nSPS) is 13.0. The summed E-state index contributed by atoms with van der Waals surface area (Å²) in [7, 11) is 0. The number of nitrogens with zero attached hydrogens (tertiary/aromatic N) is 4. The van der Waals surface area contributed by atoms with Crippen LogP contribution < -0.4 is 10.5 Å². The van der Waals surface area contributed by atoms with Crippen molar-refractivity contribution >= 4 is 5.95 Å². The minimum atomic E-state index is 0.0161. The van der Waals surface area contributed by atoms with E-state index >= 15 is 0 Å². The number of aryl methyl sites for hydroxylation is 1. The van der Waals surface area contributed by atoms with E-state index in [4.69, 9.17) is 4.98 Å². The van der Waals surface area contributed by atoms with E-state index in [1.54, 1.807) is 23.0 Å². The quantitative estimate of drug-likeness (QED) is 0.721. The Hall–Kier alpha value is -2.95. The average Bonchev–Trinajstić information content (AvgIpc) is 3.07. The highest BCUT2D eigenvalue weighted by molar-refractivity contribution is 5.59. The number of anilines is 1. The van der Waals surface area contributed by atoms with E-state index < -0.39 is 0 Å². The molecule has 0 N–H and O–H groups in total. The molecule has 5 heteroatoms. The molecular weight excluding hydrogens is 312 g/mol. The van der Waals surface area contributed by atoms with E-state index in [2.05, 4.69) is 34.1 Å². The van der Waals surface area contributed by atoms with Crippen LogP contribution in [-0.2, 0) is 13.0 Å². The van der Waals surface area contributed by atoms with Crippen molar-refractivity contribution in [3.8, 4) is 11.3 Å². The molecule has 0 fully saturated rings. The first-order valence-corrected chi connectivity index (χ1v) is 8.62. The Bertz CT molecular complexity index is 906. The summed E-state index contributed by atoms with van der Waals surface area (Å²) in [6, 6.07) is 15.9. The Morgan fingerprint density at radius 1 is 1.00 bits per heavy atom. The van der Waals surface area contributed by atoms with Crippen LogP contribution in [0.5, 0.6) is 0 Å². The zero-order valence-electron chi connectivity index (χ0n) is 14.0. The summed E-state index contributed by atoms with van der Waals surface area (Å²) in [4.78, 5) is 23.4. The summed E-state index contributed by atoms with van der Waals surface area (Å²) in [6.45, 7) is 2.46. The molecule has 0 atom stereocenters. The van der Waals surface area contributed by atoms with Crippen molar-refractivity contribution in [1.82, 2.24) is 14.5 Å². The number of hydrogen-bond acceptors (Lipinski definition) is 4. The van der Waals surface area contributed by atoms with Gasteiger partial charge in [-0.1, -0.05) is 30.3 Å². The molecule has 0 saturated carbocycles. The molecule has 1 aromatic carbocycles. The maximum atomic E-state index is 12.4. The van der Waals surface area contributed by atoms with Gasteiger partial charge in [0.15, 0.2) is 0 Å². The van der Waals surface area contributed by atoms with Gasteiger partial charge < -0.3 is 4.90 Å². The molecule has 126 valence electrons. The van der Waals surface area contributed by atoms with Crippen molar-refractivity contribution < 1.29 is 0 Å². The highest BCUT2D eigenvalue weighted by Crippen LogP contribution is 2.22. The topological polar surface area (TPSA) is 51.0 Å². The molecule has 1 aliphatic rings. The van der Waals surface area contributed by atoms with Crippen molar-refractivity contribution in [3.63, 3.8) is 0 Å². The van der Waals surface area contributed by atoms with Crippen LogP contribution in [0, 0.1) is 0 Å². The van der Waals surface area contributed by atoms with Gasteiger partial charge in [-0.05, 0) is 30.5 Å². The first-order chi connectivity index (χ1) is 12.3. The molecule has 4 rings (SSSR count). The van der Waals surface area contributed by atoms with Crippen LogP contribution in [0.1, 0.15) is 12.0 Å². The van der Waals surface area contributed by atoms with Gasteiger partial charge in [-0.25, -0.2) is 4.98 Å². The van der Waals surface area contributed by atoms with E-state index in [1.807, 2.05) is 18.2 Å². The summed E-state index contributed by atoms with van der Waals surface area (Å²) < 4.78 is 1.77. The predicted octanol–water partition coefficient (Wildman–Crippen LogP) is 2.76. The standard InChI is InChI=1S/C20H20N4O/c25-19-15-18(17-8-10-21-11-9-17)22-20-23(13-14-24(19)20)12-4-7-16-5-2-1-3-6-16/h1-3,5-6,8-11,15H,4,7,12-14H2. The second-order valence-electron chi connectivity index (χ2n) is 6.24. The van der Waals surface area contributed by atoms with Crippen LogP contribution in [0.2, 0.25) is 0 Å². The highest BCUT2D eigenvalue weighted by atomic mass is 16.1. The van der Waals surface area contributed by atoms with Crippen LogP contribution in [0.15, 0.2) is 65.7 Å². The SMILES string of the molecule is O=c1cc(-c2ccncc2)nc2n1CCN2CCCc1ccccc1.